The van der Waals surface area contributed by atoms with Crippen LogP contribution in [0.5, 0.6) is 0 Å². The largest absolute Gasteiger partial charge is 0.325 e. The topological polar surface area (TPSA) is 79.4 Å². The number of amides is 1. The van der Waals surface area contributed by atoms with E-state index in [9.17, 15) is 13.2 Å². The minimum Gasteiger partial charge on any atom is -0.325 e. The van der Waals surface area contributed by atoms with E-state index in [1.54, 1.807) is 25.3 Å². The van der Waals surface area contributed by atoms with E-state index in [1.165, 1.54) is 38.0 Å². The quantitative estimate of drug-likeness (QED) is 0.796. The summed E-state index contributed by atoms with van der Waals surface area (Å²) in [6, 6.07) is 11.7. The van der Waals surface area contributed by atoms with Crippen molar-refractivity contribution in [3.63, 3.8) is 0 Å². The van der Waals surface area contributed by atoms with E-state index in [0.29, 0.717) is 5.69 Å². The van der Waals surface area contributed by atoms with Crippen molar-refractivity contribution in [2.24, 2.45) is 0 Å². The summed E-state index contributed by atoms with van der Waals surface area (Å²) in [7, 11) is -0.608. The lowest BCUT2D eigenvalue weighted by Gasteiger charge is -2.14. The van der Waals surface area contributed by atoms with Crippen molar-refractivity contribution in [1.29, 1.82) is 0 Å². The number of nitrogens with zero attached hydrogens (tertiary/aromatic N) is 2. The monoisotopic (exact) mass is 365 g/mol. The first-order valence-electron chi connectivity index (χ1n) is 7.22. The number of hydrogen-bond acceptors (Lipinski definition) is 5. The van der Waals surface area contributed by atoms with Gasteiger partial charge in [0.25, 0.3) is 0 Å². The third kappa shape index (κ3) is 4.56. The fourth-order valence-electron chi connectivity index (χ4n) is 1.84. The number of anilines is 1. The molecule has 1 heterocycles. The average Bonchev–Trinajstić information content (AvgIpc) is 2.55. The van der Waals surface area contributed by atoms with Crippen LogP contribution in [0.3, 0.4) is 0 Å². The summed E-state index contributed by atoms with van der Waals surface area (Å²) in [4.78, 5) is 16.6. The van der Waals surface area contributed by atoms with Crippen molar-refractivity contribution in [1.82, 2.24) is 9.29 Å². The van der Waals surface area contributed by atoms with Crippen molar-refractivity contribution in [3.8, 4) is 0 Å². The number of aromatic nitrogens is 1. The van der Waals surface area contributed by atoms with E-state index in [0.717, 1.165) is 9.33 Å². The van der Waals surface area contributed by atoms with Gasteiger partial charge in [0.1, 0.15) is 0 Å². The Balaban J connectivity index is 2.09. The standard InChI is InChI=1S/C16H19N3O3S2/c1-12(23-15-9-4-5-10-17-15)16(20)18-13-7-6-8-14(11-13)24(21,22)19(2)3/h4-12H,1-3H3,(H,18,20). The predicted molar refractivity (Wildman–Crippen MR) is 95.5 cm³/mol. The Kier molecular flexibility index (Phi) is 5.98. The number of sulfonamides is 1. The molecule has 128 valence electrons. The summed E-state index contributed by atoms with van der Waals surface area (Å²) in [6.07, 6.45) is 1.67. The van der Waals surface area contributed by atoms with Crippen molar-refractivity contribution >= 4 is 33.4 Å². The molecule has 1 N–H and O–H groups in total. The molecule has 0 bridgehead atoms. The number of thioether (sulfide) groups is 1. The molecule has 0 aliphatic heterocycles. The van der Waals surface area contributed by atoms with Crippen LogP contribution in [0.25, 0.3) is 0 Å². The highest BCUT2D eigenvalue weighted by Gasteiger charge is 2.19. The first-order chi connectivity index (χ1) is 11.3. The number of rotatable bonds is 6. The molecule has 0 aliphatic rings. The Labute approximate surface area is 146 Å². The normalized spacial score (nSPS) is 12.8. The molecule has 24 heavy (non-hydrogen) atoms. The van der Waals surface area contributed by atoms with Gasteiger partial charge in [-0.15, -0.1) is 0 Å². The van der Waals surface area contributed by atoms with Crippen LogP contribution in [-0.2, 0) is 14.8 Å². The van der Waals surface area contributed by atoms with Crippen LogP contribution in [0.15, 0.2) is 58.6 Å². The molecule has 0 saturated heterocycles. The molecule has 6 nitrogen and oxygen atoms in total. The summed E-state index contributed by atoms with van der Waals surface area (Å²) >= 11 is 1.34. The highest BCUT2D eigenvalue weighted by Crippen LogP contribution is 2.23. The lowest BCUT2D eigenvalue weighted by Crippen LogP contribution is -2.24. The zero-order chi connectivity index (χ0) is 17.7. The second-order valence-electron chi connectivity index (χ2n) is 5.23. The van der Waals surface area contributed by atoms with Crippen LogP contribution in [0.4, 0.5) is 5.69 Å². The molecular formula is C16H19N3O3S2. The number of benzene rings is 1. The molecule has 0 fully saturated rings. The zero-order valence-corrected chi connectivity index (χ0v) is 15.3. The van der Waals surface area contributed by atoms with Crippen molar-refractivity contribution in [2.75, 3.05) is 19.4 Å². The minimum atomic E-state index is -3.54. The number of carbonyl (C=O) groups excluding carboxylic acids is 1. The molecule has 0 saturated carbocycles. The third-order valence-corrected chi connectivity index (χ3v) is 6.05. The molecule has 8 heteroatoms. The lowest BCUT2D eigenvalue weighted by molar-refractivity contribution is -0.115. The van der Waals surface area contributed by atoms with Gasteiger partial charge in [0.15, 0.2) is 0 Å². The van der Waals surface area contributed by atoms with Gasteiger partial charge in [0.05, 0.1) is 15.2 Å². The maximum Gasteiger partial charge on any atom is 0.242 e. The van der Waals surface area contributed by atoms with E-state index in [2.05, 4.69) is 10.3 Å². The summed E-state index contributed by atoms with van der Waals surface area (Å²) < 4.78 is 25.4. The van der Waals surface area contributed by atoms with Gasteiger partial charge in [-0.25, -0.2) is 17.7 Å². The van der Waals surface area contributed by atoms with Gasteiger partial charge < -0.3 is 5.32 Å². The minimum absolute atomic E-state index is 0.135. The Morgan fingerprint density at radius 2 is 1.96 bits per heavy atom. The van der Waals surface area contributed by atoms with Gasteiger partial charge in [0, 0.05) is 26.0 Å². The summed E-state index contributed by atoms with van der Waals surface area (Å²) in [5.41, 5.74) is 0.441. The fourth-order valence-corrected chi connectivity index (χ4v) is 3.60. The predicted octanol–water partition coefficient (Wildman–Crippen LogP) is 2.45. The highest BCUT2D eigenvalue weighted by atomic mass is 32.2. The number of carbonyl (C=O) groups is 1. The Bertz CT molecular complexity index is 808. The molecule has 1 unspecified atom stereocenters. The molecule has 0 radical (unpaired) electrons. The van der Waals surface area contributed by atoms with Crippen LogP contribution in [0.2, 0.25) is 0 Å². The van der Waals surface area contributed by atoms with Gasteiger partial charge in [-0.2, -0.15) is 0 Å². The summed E-state index contributed by atoms with van der Waals surface area (Å²) in [6.45, 7) is 1.77. The van der Waals surface area contributed by atoms with Crippen molar-refractivity contribution < 1.29 is 13.2 Å². The second kappa shape index (κ2) is 7.78. The molecule has 1 aromatic carbocycles. The third-order valence-electron chi connectivity index (χ3n) is 3.18. The number of nitrogens with one attached hydrogen (secondary N) is 1. The first-order valence-corrected chi connectivity index (χ1v) is 9.54. The van der Waals surface area contributed by atoms with Gasteiger partial charge in [0.2, 0.25) is 15.9 Å². The van der Waals surface area contributed by atoms with Gasteiger partial charge in [-0.05, 0) is 37.3 Å². The van der Waals surface area contributed by atoms with Crippen LogP contribution < -0.4 is 5.32 Å². The van der Waals surface area contributed by atoms with E-state index in [-0.39, 0.29) is 16.1 Å². The van der Waals surface area contributed by atoms with Crippen LogP contribution in [0, 0.1) is 0 Å². The highest BCUT2D eigenvalue weighted by molar-refractivity contribution is 8.00. The second-order valence-corrected chi connectivity index (χ2v) is 8.75. The molecule has 1 atom stereocenters. The molecule has 2 rings (SSSR count). The SMILES string of the molecule is CC(Sc1ccccn1)C(=O)Nc1cccc(S(=O)(=O)N(C)C)c1. The molecular weight excluding hydrogens is 346 g/mol. The zero-order valence-electron chi connectivity index (χ0n) is 13.6. The maximum absolute atomic E-state index is 12.3. The average molecular weight is 365 g/mol. The van der Waals surface area contributed by atoms with Gasteiger partial charge in [-0.3, -0.25) is 4.79 Å². The van der Waals surface area contributed by atoms with Crippen molar-refractivity contribution in [2.45, 2.75) is 22.1 Å². The molecule has 1 amide bonds. The molecule has 0 spiro atoms. The molecule has 1 aromatic heterocycles. The van der Waals surface area contributed by atoms with E-state index in [1.807, 2.05) is 18.2 Å². The lowest BCUT2D eigenvalue weighted by atomic mass is 10.3. The van der Waals surface area contributed by atoms with Gasteiger partial charge >= 0.3 is 0 Å². The molecule has 0 aliphatic carbocycles. The van der Waals surface area contributed by atoms with Gasteiger partial charge in [-0.1, -0.05) is 23.9 Å². The Morgan fingerprint density at radius 1 is 1.21 bits per heavy atom. The Hall–Kier alpha value is -1.90. The van der Waals surface area contributed by atoms with Crippen LogP contribution >= 0.6 is 11.8 Å². The maximum atomic E-state index is 12.3. The smallest absolute Gasteiger partial charge is 0.242 e. The Morgan fingerprint density at radius 3 is 2.58 bits per heavy atom. The fraction of sp³-hybridized carbons (Fsp3) is 0.250. The molecule has 2 aromatic rings. The van der Waals surface area contributed by atoms with E-state index < -0.39 is 10.0 Å². The number of hydrogen-bond donors (Lipinski definition) is 1. The van der Waals surface area contributed by atoms with Crippen LogP contribution in [0.1, 0.15) is 6.92 Å². The van der Waals surface area contributed by atoms with Crippen LogP contribution in [-0.4, -0.2) is 43.0 Å². The first kappa shape index (κ1) is 18.4. The number of pyridine rings is 1. The van der Waals surface area contributed by atoms with Crippen molar-refractivity contribution in [3.05, 3.63) is 48.7 Å². The van der Waals surface area contributed by atoms with E-state index in [4.69, 9.17) is 0 Å². The summed E-state index contributed by atoms with van der Waals surface area (Å²) in [5.74, 6) is -0.218. The van der Waals surface area contributed by atoms with E-state index >= 15 is 0 Å². The summed E-state index contributed by atoms with van der Waals surface area (Å²) in [5, 5.41) is 3.13.